The van der Waals surface area contributed by atoms with Gasteiger partial charge in [0.1, 0.15) is 0 Å². The summed E-state index contributed by atoms with van der Waals surface area (Å²) in [6, 6.07) is 16.4. The Morgan fingerprint density at radius 2 is 1.82 bits per heavy atom. The summed E-state index contributed by atoms with van der Waals surface area (Å²) in [5.41, 5.74) is 2.43. The molecular weight excluding hydrogens is 493 g/mol. The number of benzene rings is 2. The highest BCUT2D eigenvalue weighted by atomic mass is 35.5. The molecule has 176 valence electrons. The smallest absolute Gasteiger partial charge is 0.233 e. The Balaban J connectivity index is 1.70. The molecule has 2 heterocycles. The molecule has 0 bridgehead atoms. The summed E-state index contributed by atoms with van der Waals surface area (Å²) in [7, 11) is -4.40. The van der Waals surface area contributed by atoms with Crippen molar-refractivity contribution in [3.05, 3.63) is 70.7 Å². The maximum absolute atomic E-state index is 13.8. The maximum atomic E-state index is 13.8. The van der Waals surface area contributed by atoms with Gasteiger partial charge in [0.25, 0.3) is 5.92 Å². The second-order valence-electron chi connectivity index (χ2n) is 8.10. The molecule has 2 aliphatic heterocycles. The first-order chi connectivity index (χ1) is 15.6. The molecule has 0 saturated carbocycles. The van der Waals surface area contributed by atoms with E-state index in [1.165, 1.54) is 5.01 Å². The van der Waals surface area contributed by atoms with E-state index < -0.39 is 28.0 Å². The normalized spacial score (nSPS) is 24.1. The number of nitrogens with zero attached hydrogens (tertiary/aromatic N) is 4. The first kappa shape index (κ1) is 24.1. The first-order valence-electron chi connectivity index (χ1n) is 10.4. The van der Waals surface area contributed by atoms with Gasteiger partial charge in [0.15, 0.2) is 0 Å². The number of hydrogen-bond acceptors (Lipinski definition) is 3. The van der Waals surface area contributed by atoms with Gasteiger partial charge in [0, 0.05) is 18.0 Å². The number of piperidine rings is 1. The standard InChI is InChI=1S/C22H22Cl2F2N4O2S/c1-15-19(16-6-3-2-4-7-16)20(17-8-10-18(23)11-9-17)27-30(15)21(24)28-33(31,32)29-13-5-12-22(25,26)14-29/h2-4,6-11,15,19H,5,12-14H2,1H3/b28-21-/t15-,19-/m1/s1. The molecule has 0 amide bonds. The summed E-state index contributed by atoms with van der Waals surface area (Å²) in [5.74, 6) is -3.33. The Kier molecular flexibility index (Phi) is 6.77. The van der Waals surface area contributed by atoms with Crippen LogP contribution in [0.1, 0.15) is 36.8 Å². The third-order valence-corrected chi connectivity index (χ3v) is 7.72. The van der Waals surface area contributed by atoms with Crippen LogP contribution in [-0.4, -0.2) is 53.8 Å². The zero-order valence-electron chi connectivity index (χ0n) is 17.7. The van der Waals surface area contributed by atoms with Crippen molar-refractivity contribution in [3.8, 4) is 0 Å². The van der Waals surface area contributed by atoms with Crippen molar-refractivity contribution in [2.24, 2.45) is 9.50 Å². The van der Waals surface area contributed by atoms with Crippen LogP contribution in [0.2, 0.25) is 5.02 Å². The summed E-state index contributed by atoms with van der Waals surface area (Å²) in [6.07, 6.45) is -0.304. The van der Waals surface area contributed by atoms with Gasteiger partial charge < -0.3 is 0 Å². The number of alkyl halides is 2. The van der Waals surface area contributed by atoms with E-state index in [2.05, 4.69) is 9.50 Å². The molecule has 0 radical (unpaired) electrons. The van der Waals surface area contributed by atoms with Gasteiger partial charge in [-0.15, -0.1) is 4.40 Å². The van der Waals surface area contributed by atoms with Crippen molar-refractivity contribution in [3.63, 3.8) is 0 Å². The quantitative estimate of drug-likeness (QED) is 0.323. The van der Waals surface area contributed by atoms with E-state index in [-0.39, 0.29) is 31.3 Å². The largest absolute Gasteiger partial charge is 0.325 e. The molecule has 2 aromatic carbocycles. The number of hydrogen-bond donors (Lipinski definition) is 0. The van der Waals surface area contributed by atoms with Crippen LogP contribution in [-0.2, 0) is 10.2 Å². The highest BCUT2D eigenvalue weighted by molar-refractivity contribution is 7.88. The molecule has 0 spiro atoms. The van der Waals surface area contributed by atoms with E-state index in [1.807, 2.05) is 49.4 Å². The average molecular weight is 515 g/mol. The number of rotatable bonds is 4. The Morgan fingerprint density at radius 1 is 1.15 bits per heavy atom. The molecule has 1 fully saturated rings. The number of hydrazone groups is 1. The van der Waals surface area contributed by atoms with Crippen molar-refractivity contribution < 1.29 is 17.2 Å². The van der Waals surface area contributed by atoms with Gasteiger partial charge in [0.05, 0.1) is 24.2 Å². The minimum atomic E-state index is -4.40. The van der Waals surface area contributed by atoms with Crippen LogP contribution < -0.4 is 0 Å². The van der Waals surface area contributed by atoms with Gasteiger partial charge in [-0.1, -0.05) is 54.1 Å². The van der Waals surface area contributed by atoms with Gasteiger partial charge in [-0.2, -0.15) is 17.8 Å². The molecule has 6 nitrogen and oxygen atoms in total. The van der Waals surface area contributed by atoms with E-state index in [0.29, 0.717) is 15.0 Å². The molecule has 33 heavy (non-hydrogen) atoms. The van der Waals surface area contributed by atoms with E-state index in [4.69, 9.17) is 23.2 Å². The molecule has 11 heteroatoms. The molecule has 2 aromatic rings. The second kappa shape index (κ2) is 9.29. The Bertz CT molecular complexity index is 1170. The average Bonchev–Trinajstić information content (AvgIpc) is 3.11. The SMILES string of the molecule is C[C@@H]1[C@H](c2ccccc2)C(c2ccc(Cl)cc2)=NN1/C(Cl)=N\S(=O)(=O)N1CCCC(F)(F)C1. The number of halogens is 4. The summed E-state index contributed by atoms with van der Waals surface area (Å²) < 4.78 is 57.3. The zero-order valence-corrected chi connectivity index (χ0v) is 20.0. The van der Waals surface area contributed by atoms with Crippen molar-refractivity contribution in [1.82, 2.24) is 9.31 Å². The highest BCUT2D eigenvalue weighted by Gasteiger charge is 2.42. The maximum Gasteiger partial charge on any atom is 0.325 e. The summed E-state index contributed by atoms with van der Waals surface area (Å²) in [6.45, 7) is 0.904. The fraction of sp³-hybridized carbons (Fsp3) is 0.364. The first-order valence-corrected chi connectivity index (χ1v) is 12.5. The lowest BCUT2D eigenvalue weighted by atomic mass is 9.86. The lowest BCUT2D eigenvalue weighted by Crippen LogP contribution is -2.45. The van der Waals surface area contributed by atoms with E-state index >= 15 is 0 Å². The lowest BCUT2D eigenvalue weighted by molar-refractivity contribution is -0.0434. The minimum absolute atomic E-state index is 0.0346. The predicted octanol–water partition coefficient (Wildman–Crippen LogP) is 5.10. The molecular formula is C22H22Cl2F2N4O2S. The molecule has 0 aliphatic carbocycles. The van der Waals surface area contributed by atoms with Crippen LogP contribution in [0.5, 0.6) is 0 Å². The molecule has 4 rings (SSSR count). The Hall–Kier alpha value is -2.07. The van der Waals surface area contributed by atoms with Crippen LogP contribution in [0.3, 0.4) is 0 Å². The van der Waals surface area contributed by atoms with Gasteiger partial charge in [-0.25, -0.2) is 13.8 Å². The highest BCUT2D eigenvalue weighted by Crippen LogP contribution is 2.36. The molecule has 0 N–H and O–H groups in total. The van der Waals surface area contributed by atoms with Crippen LogP contribution >= 0.6 is 23.2 Å². The van der Waals surface area contributed by atoms with Gasteiger partial charge in [0.2, 0.25) is 5.29 Å². The fourth-order valence-corrected chi connectivity index (χ4v) is 5.81. The summed E-state index contributed by atoms with van der Waals surface area (Å²) >= 11 is 12.4. The lowest BCUT2D eigenvalue weighted by Gasteiger charge is -2.30. The van der Waals surface area contributed by atoms with Crippen LogP contribution in [0.25, 0.3) is 0 Å². The molecule has 2 aliphatic rings. The predicted molar refractivity (Wildman–Crippen MR) is 126 cm³/mol. The van der Waals surface area contributed by atoms with E-state index in [0.717, 1.165) is 11.1 Å². The zero-order chi connectivity index (χ0) is 23.8. The number of amidine groups is 1. The van der Waals surface area contributed by atoms with Crippen LogP contribution in [0.15, 0.2) is 64.1 Å². The van der Waals surface area contributed by atoms with Gasteiger partial charge in [-0.3, -0.25) is 0 Å². The second-order valence-corrected chi connectivity index (χ2v) is 10.5. The molecule has 0 unspecified atom stereocenters. The van der Waals surface area contributed by atoms with Crippen molar-refractivity contribution >= 4 is 44.4 Å². The van der Waals surface area contributed by atoms with Gasteiger partial charge in [-0.05, 0) is 48.2 Å². The van der Waals surface area contributed by atoms with Crippen molar-refractivity contribution in [2.75, 3.05) is 13.1 Å². The minimum Gasteiger partial charge on any atom is -0.233 e. The van der Waals surface area contributed by atoms with Crippen molar-refractivity contribution in [1.29, 1.82) is 0 Å². The molecule has 0 aromatic heterocycles. The Labute approximate surface area is 201 Å². The molecule has 2 atom stereocenters. The van der Waals surface area contributed by atoms with Crippen LogP contribution in [0.4, 0.5) is 8.78 Å². The fourth-order valence-electron chi connectivity index (χ4n) is 4.12. The van der Waals surface area contributed by atoms with Crippen molar-refractivity contribution in [2.45, 2.75) is 37.6 Å². The Morgan fingerprint density at radius 3 is 2.45 bits per heavy atom. The summed E-state index contributed by atoms with van der Waals surface area (Å²) in [4.78, 5) is 0. The van der Waals surface area contributed by atoms with E-state index in [9.17, 15) is 17.2 Å². The third kappa shape index (κ3) is 5.21. The third-order valence-electron chi connectivity index (χ3n) is 5.74. The van der Waals surface area contributed by atoms with E-state index in [1.54, 1.807) is 12.1 Å². The topological polar surface area (TPSA) is 65.3 Å². The monoisotopic (exact) mass is 514 g/mol. The van der Waals surface area contributed by atoms with Crippen LogP contribution in [0, 0.1) is 0 Å². The molecule has 1 saturated heterocycles. The summed E-state index contributed by atoms with van der Waals surface area (Å²) in [5, 5.41) is 6.09. The van der Waals surface area contributed by atoms with Gasteiger partial charge >= 0.3 is 10.2 Å².